The van der Waals surface area contributed by atoms with Crippen molar-refractivity contribution >= 4 is 23.0 Å². The van der Waals surface area contributed by atoms with Gasteiger partial charge in [-0.1, -0.05) is 0 Å². The van der Waals surface area contributed by atoms with E-state index in [0.29, 0.717) is 31.7 Å². The number of carbonyl (C=O) groups excluding carboxylic acids is 2. The number of likely N-dealkylation sites (tertiary alicyclic amines) is 2. The highest BCUT2D eigenvalue weighted by molar-refractivity contribution is 5.81. The zero-order valence-corrected chi connectivity index (χ0v) is 15.2. The van der Waals surface area contributed by atoms with Crippen molar-refractivity contribution in [3.63, 3.8) is 0 Å². The monoisotopic (exact) mass is 373 g/mol. The molecular weight excluding hydrogens is 349 g/mol. The number of rotatable bonds is 2. The van der Waals surface area contributed by atoms with Gasteiger partial charge in [-0.2, -0.15) is 0 Å². The molecule has 0 spiro atoms. The highest BCUT2D eigenvalue weighted by Gasteiger charge is 2.33. The maximum atomic E-state index is 13.4. The second kappa shape index (κ2) is 7.17. The van der Waals surface area contributed by atoms with Crippen molar-refractivity contribution in [2.24, 2.45) is 11.7 Å². The van der Waals surface area contributed by atoms with Crippen molar-refractivity contribution in [3.8, 4) is 0 Å². The molecule has 2 aliphatic rings. The lowest BCUT2D eigenvalue weighted by Gasteiger charge is -2.37. The van der Waals surface area contributed by atoms with E-state index in [4.69, 9.17) is 5.73 Å². The van der Waals surface area contributed by atoms with Crippen LogP contribution in [0.25, 0.3) is 11.0 Å². The number of nitrogens with one attached hydrogen (secondary N) is 1. The molecule has 0 saturated carbocycles. The molecule has 3 N–H and O–H groups in total. The Morgan fingerprint density at radius 2 is 1.93 bits per heavy atom. The third-order valence-electron chi connectivity index (χ3n) is 5.74. The number of primary amides is 1. The van der Waals surface area contributed by atoms with Crippen LogP contribution in [0.1, 0.15) is 37.4 Å². The Morgan fingerprint density at radius 3 is 2.67 bits per heavy atom. The van der Waals surface area contributed by atoms with E-state index in [1.807, 2.05) is 4.90 Å². The van der Waals surface area contributed by atoms with Gasteiger partial charge < -0.3 is 20.5 Å². The molecule has 0 aliphatic carbocycles. The van der Waals surface area contributed by atoms with Crippen LogP contribution in [0.2, 0.25) is 0 Å². The number of H-pyrrole nitrogens is 1. The molecule has 1 atom stereocenters. The van der Waals surface area contributed by atoms with Crippen molar-refractivity contribution in [2.45, 2.75) is 31.6 Å². The van der Waals surface area contributed by atoms with Gasteiger partial charge in [-0.15, -0.1) is 0 Å². The number of amides is 3. The van der Waals surface area contributed by atoms with E-state index in [9.17, 15) is 14.0 Å². The molecule has 7 nitrogen and oxygen atoms in total. The number of hydrogen-bond donors (Lipinski definition) is 2. The molecule has 1 aromatic heterocycles. The van der Waals surface area contributed by atoms with E-state index < -0.39 is 6.03 Å². The van der Waals surface area contributed by atoms with E-state index >= 15 is 0 Å². The van der Waals surface area contributed by atoms with Gasteiger partial charge in [0.1, 0.15) is 11.6 Å². The zero-order chi connectivity index (χ0) is 19.0. The third kappa shape index (κ3) is 3.61. The van der Waals surface area contributed by atoms with E-state index in [1.54, 1.807) is 11.0 Å². The Morgan fingerprint density at radius 1 is 1.15 bits per heavy atom. The fourth-order valence-corrected chi connectivity index (χ4v) is 4.21. The number of urea groups is 1. The minimum absolute atomic E-state index is 0.117. The van der Waals surface area contributed by atoms with E-state index in [2.05, 4.69) is 9.97 Å². The van der Waals surface area contributed by atoms with E-state index in [1.165, 1.54) is 12.1 Å². The lowest BCUT2D eigenvalue weighted by molar-refractivity contribution is -0.138. The minimum Gasteiger partial charge on any atom is -0.351 e. The number of nitrogens with two attached hydrogens (primary N) is 1. The fraction of sp³-hybridized carbons (Fsp3) is 0.526. The van der Waals surface area contributed by atoms with Gasteiger partial charge in [0.25, 0.3) is 0 Å². The normalized spacial score (nSPS) is 21.6. The molecule has 0 radical (unpaired) electrons. The molecule has 8 heteroatoms. The van der Waals surface area contributed by atoms with Gasteiger partial charge in [0, 0.05) is 32.1 Å². The quantitative estimate of drug-likeness (QED) is 0.845. The number of piperidine rings is 2. The summed E-state index contributed by atoms with van der Waals surface area (Å²) in [5.74, 6) is 0.775. The molecule has 144 valence electrons. The maximum Gasteiger partial charge on any atom is 0.314 e. The highest BCUT2D eigenvalue weighted by Crippen LogP contribution is 2.29. The highest BCUT2D eigenvalue weighted by atomic mass is 19.1. The van der Waals surface area contributed by atoms with Crippen LogP contribution in [-0.2, 0) is 4.79 Å². The molecule has 2 aromatic rings. The summed E-state index contributed by atoms with van der Waals surface area (Å²) in [6, 6.07) is 4.09. The van der Waals surface area contributed by atoms with Crippen molar-refractivity contribution in [3.05, 3.63) is 29.8 Å². The maximum absolute atomic E-state index is 13.4. The summed E-state index contributed by atoms with van der Waals surface area (Å²) in [5.41, 5.74) is 6.83. The van der Waals surface area contributed by atoms with Gasteiger partial charge in [-0.05, 0) is 43.9 Å². The minimum atomic E-state index is -0.451. The molecule has 1 aromatic carbocycles. The summed E-state index contributed by atoms with van der Waals surface area (Å²) >= 11 is 0. The molecule has 3 amide bonds. The lowest BCUT2D eigenvalue weighted by atomic mass is 9.92. The van der Waals surface area contributed by atoms with Crippen molar-refractivity contribution < 1.29 is 14.0 Å². The Balaban J connectivity index is 1.38. The second-order valence-corrected chi connectivity index (χ2v) is 7.51. The first-order valence-corrected chi connectivity index (χ1v) is 9.49. The van der Waals surface area contributed by atoms with Crippen LogP contribution in [0.15, 0.2) is 18.2 Å². The Bertz CT molecular complexity index is 859. The van der Waals surface area contributed by atoms with Crippen LogP contribution in [0.5, 0.6) is 0 Å². The Kier molecular flexibility index (Phi) is 4.72. The number of halogens is 1. The average molecular weight is 373 g/mol. The van der Waals surface area contributed by atoms with Crippen LogP contribution in [0.3, 0.4) is 0 Å². The molecule has 0 bridgehead atoms. The zero-order valence-electron chi connectivity index (χ0n) is 15.2. The van der Waals surface area contributed by atoms with E-state index in [-0.39, 0.29) is 23.6 Å². The van der Waals surface area contributed by atoms with Gasteiger partial charge in [0.2, 0.25) is 5.91 Å². The summed E-state index contributed by atoms with van der Waals surface area (Å²) in [6.07, 6.45) is 3.25. The molecular formula is C19H24FN5O2. The molecule has 2 aliphatic heterocycles. The van der Waals surface area contributed by atoms with Gasteiger partial charge in [-0.3, -0.25) is 4.79 Å². The number of imidazole rings is 1. The first-order chi connectivity index (χ1) is 13.0. The van der Waals surface area contributed by atoms with E-state index in [0.717, 1.165) is 37.0 Å². The summed E-state index contributed by atoms with van der Waals surface area (Å²) < 4.78 is 13.4. The molecule has 2 fully saturated rings. The number of aromatic nitrogens is 2. The molecule has 3 heterocycles. The number of benzene rings is 1. The number of hydrogen-bond acceptors (Lipinski definition) is 3. The van der Waals surface area contributed by atoms with Crippen molar-refractivity contribution in [1.29, 1.82) is 0 Å². The number of fused-ring (bicyclic) bond motifs is 1. The van der Waals surface area contributed by atoms with Gasteiger partial charge in [-0.25, -0.2) is 14.2 Å². The van der Waals surface area contributed by atoms with Crippen LogP contribution in [0, 0.1) is 11.7 Å². The van der Waals surface area contributed by atoms with Gasteiger partial charge in [0.15, 0.2) is 0 Å². The van der Waals surface area contributed by atoms with Crippen LogP contribution in [0.4, 0.5) is 9.18 Å². The summed E-state index contributed by atoms with van der Waals surface area (Å²) in [6.45, 7) is 2.39. The smallest absolute Gasteiger partial charge is 0.314 e. The number of aromatic amines is 1. The second-order valence-electron chi connectivity index (χ2n) is 7.51. The Labute approximate surface area is 156 Å². The largest absolute Gasteiger partial charge is 0.351 e. The summed E-state index contributed by atoms with van der Waals surface area (Å²) in [4.78, 5) is 35.5. The van der Waals surface area contributed by atoms with Gasteiger partial charge >= 0.3 is 6.03 Å². The molecule has 0 unspecified atom stereocenters. The van der Waals surface area contributed by atoms with Crippen molar-refractivity contribution in [2.75, 3.05) is 26.2 Å². The average Bonchev–Trinajstić information content (AvgIpc) is 3.10. The predicted molar refractivity (Wildman–Crippen MR) is 98.5 cm³/mol. The first kappa shape index (κ1) is 17.8. The Hall–Kier alpha value is -2.64. The van der Waals surface area contributed by atoms with Crippen LogP contribution >= 0.6 is 0 Å². The molecule has 2 saturated heterocycles. The van der Waals surface area contributed by atoms with Crippen molar-refractivity contribution in [1.82, 2.24) is 19.8 Å². The van der Waals surface area contributed by atoms with Crippen LogP contribution < -0.4 is 5.73 Å². The van der Waals surface area contributed by atoms with Crippen LogP contribution in [-0.4, -0.2) is 57.9 Å². The summed E-state index contributed by atoms with van der Waals surface area (Å²) in [7, 11) is 0. The number of nitrogens with zero attached hydrogens (tertiary/aromatic N) is 3. The first-order valence-electron chi connectivity index (χ1n) is 9.49. The molecule has 4 rings (SSSR count). The topological polar surface area (TPSA) is 95.3 Å². The SMILES string of the molecule is NC(=O)N1CCC[C@@H](C(=O)N2CCC(c3nc4ccc(F)cc4[nH]3)CC2)C1. The fourth-order valence-electron chi connectivity index (χ4n) is 4.21. The standard InChI is InChI=1S/C19H24FN5O2/c20-14-3-4-15-16(10-14)23-17(22-15)12-5-8-24(9-6-12)18(26)13-2-1-7-25(11-13)19(21)27/h3-4,10,12-13H,1-2,5-9,11H2,(H2,21,27)(H,22,23)/t13-/m1/s1. The lowest BCUT2D eigenvalue weighted by Crippen LogP contribution is -2.49. The third-order valence-corrected chi connectivity index (χ3v) is 5.74. The number of carbonyl (C=O) groups is 2. The summed E-state index contributed by atoms with van der Waals surface area (Å²) in [5, 5.41) is 0. The van der Waals surface area contributed by atoms with Gasteiger partial charge in [0.05, 0.1) is 17.0 Å². The predicted octanol–water partition coefficient (Wildman–Crippen LogP) is 2.20. The molecule has 27 heavy (non-hydrogen) atoms.